The topological polar surface area (TPSA) is 67.2 Å². The van der Waals surface area contributed by atoms with Crippen LogP contribution in [0.15, 0.2) is 11.4 Å². The van der Waals surface area contributed by atoms with Crippen molar-refractivity contribution in [1.29, 1.82) is 0 Å². The van der Waals surface area contributed by atoms with Crippen LogP contribution in [0.25, 0.3) is 0 Å². The van der Waals surface area contributed by atoms with Gasteiger partial charge in [0.25, 0.3) is 0 Å². The summed E-state index contributed by atoms with van der Waals surface area (Å²) in [5, 5.41) is 3.84. The summed E-state index contributed by atoms with van der Waals surface area (Å²) in [6.45, 7) is 6.90. The summed E-state index contributed by atoms with van der Waals surface area (Å²) in [4.78, 5) is 30.4. The molecule has 1 aromatic heterocycles. The number of hydrogen-bond donors (Lipinski definition) is 1. The number of aromatic nitrogens is 2. The molecule has 1 aliphatic heterocycles. The second-order valence-corrected chi connectivity index (χ2v) is 7.36. The van der Waals surface area contributed by atoms with E-state index in [2.05, 4.69) is 10.3 Å². The van der Waals surface area contributed by atoms with E-state index in [-0.39, 0.29) is 23.3 Å². The van der Waals surface area contributed by atoms with E-state index in [1.807, 2.05) is 38.6 Å². The largest absolute Gasteiger partial charge is 0.350 e. The number of carbonyl (C=O) groups is 2. The van der Waals surface area contributed by atoms with E-state index in [1.165, 1.54) is 0 Å². The second-order valence-electron chi connectivity index (χ2n) is 6.59. The molecule has 1 aromatic rings. The van der Waals surface area contributed by atoms with Gasteiger partial charge in [0.05, 0.1) is 24.4 Å². The lowest BCUT2D eigenvalue weighted by Gasteiger charge is -2.31. The number of rotatable bonds is 4. The van der Waals surface area contributed by atoms with Gasteiger partial charge in [0, 0.05) is 25.6 Å². The van der Waals surface area contributed by atoms with E-state index in [4.69, 9.17) is 0 Å². The Morgan fingerprint density at radius 2 is 2.18 bits per heavy atom. The average Bonchev–Trinajstić information content (AvgIpc) is 2.99. The van der Waals surface area contributed by atoms with E-state index >= 15 is 0 Å². The minimum Gasteiger partial charge on any atom is -0.350 e. The van der Waals surface area contributed by atoms with E-state index in [0.717, 1.165) is 10.9 Å². The van der Waals surface area contributed by atoms with Gasteiger partial charge in [0.15, 0.2) is 5.16 Å². The first-order valence-corrected chi connectivity index (χ1v) is 8.59. The third-order valence-corrected chi connectivity index (χ3v) is 4.72. The molecule has 122 valence electrons. The lowest BCUT2D eigenvalue weighted by molar-refractivity contribution is -0.132. The number of nitrogens with one attached hydrogen (secondary N) is 1. The summed E-state index contributed by atoms with van der Waals surface area (Å²) >= 11 is 1.57. The number of nitrogens with zero attached hydrogens (tertiary/aromatic N) is 3. The highest BCUT2D eigenvalue weighted by Crippen LogP contribution is 2.25. The summed E-state index contributed by atoms with van der Waals surface area (Å²) in [7, 11) is 1.93. The van der Waals surface area contributed by atoms with Crippen LogP contribution in [0.4, 0.5) is 0 Å². The van der Waals surface area contributed by atoms with Gasteiger partial charge < -0.3 is 14.8 Å². The van der Waals surface area contributed by atoms with Gasteiger partial charge in [-0.25, -0.2) is 4.98 Å². The summed E-state index contributed by atoms with van der Waals surface area (Å²) in [6, 6.07) is 0. The second kappa shape index (κ2) is 6.32. The molecule has 1 N–H and O–H groups in total. The number of thioether (sulfide) groups is 1. The standard InChI is InChI=1S/C15H24N4O2S/c1-15(2,3)19-9-10(6-12(19)20)13(21)16-7-11-8-17-14(22-5)18(11)4/h8,10H,6-7,9H2,1-5H3,(H,16,21). The van der Waals surface area contributed by atoms with Crippen LogP contribution in [-0.2, 0) is 23.2 Å². The van der Waals surface area contributed by atoms with Gasteiger partial charge in [-0.1, -0.05) is 11.8 Å². The maximum absolute atomic E-state index is 12.3. The van der Waals surface area contributed by atoms with Crippen molar-refractivity contribution in [3.63, 3.8) is 0 Å². The molecule has 1 atom stereocenters. The summed E-state index contributed by atoms with van der Waals surface area (Å²) in [5.74, 6) is -0.273. The van der Waals surface area contributed by atoms with Crippen LogP contribution in [0.3, 0.4) is 0 Å². The van der Waals surface area contributed by atoms with Gasteiger partial charge in [-0.15, -0.1) is 0 Å². The Kier molecular flexibility index (Phi) is 4.84. The third kappa shape index (κ3) is 3.45. The van der Waals surface area contributed by atoms with Gasteiger partial charge >= 0.3 is 0 Å². The van der Waals surface area contributed by atoms with Crippen LogP contribution in [0.1, 0.15) is 32.9 Å². The van der Waals surface area contributed by atoms with Crippen molar-refractivity contribution >= 4 is 23.6 Å². The number of amides is 2. The molecule has 0 spiro atoms. The Balaban J connectivity index is 1.93. The minimum absolute atomic E-state index is 0.0536. The van der Waals surface area contributed by atoms with Crippen molar-refractivity contribution in [2.75, 3.05) is 12.8 Å². The average molecular weight is 324 g/mol. The van der Waals surface area contributed by atoms with Crippen LogP contribution in [0.2, 0.25) is 0 Å². The minimum atomic E-state index is -0.264. The molecule has 7 heteroatoms. The Hall–Kier alpha value is -1.50. The first kappa shape index (κ1) is 16.9. The van der Waals surface area contributed by atoms with E-state index in [1.54, 1.807) is 22.9 Å². The van der Waals surface area contributed by atoms with Crippen molar-refractivity contribution in [2.24, 2.45) is 13.0 Å². The zero-order valence-corrected chi connectivity index (χ0v) is 14.7. The predicted molar refractivity (Wildman–Crippen MR) is 86.4 cm³/mol. The summed E-state index contributed by atoms with van der Waals surface area (Å²) in [5.41, 5.74) is 0.719. The van der Waals surface area contributed by atoms with Crippen molar-refractivity contribution in [3.8, 4) is 0 Å². The maximum Gasteiger partial charge on any atom is 0.225 e. The molecule has 1 aliphatic rings. The molecule has 0 aromatic carbocycles. The molecule has 2 amide bonds. The molecule has 0 bridgehead atoms. The van der Waals surface area contributed by atoms with Crippen molar-refractivity contribution < 1.29 is 9.59 Å². The van der Waals surface area contributed by atoms with Gasteiger partial charge in [-0.05, 0) is 27.0 Å². The zero-order chi connectivity index (χ0) is 16.5. The van der Waals surface area contributed by atoms with Gasteiger partial charge in [-0.2, -0.15) is 0 Å². The number of hydrogen-bond acceptors (Lipinski definition) is 4. The monoisotopic (exact) mass is 324 g/mol. The highest BCUT2D eigenvalue weighted by molar-refractivity contribution is 7.98. The fourth-order valence-electron chi connectivity index (χ4n) is 2.63. The normalized spacial score (nSPS) is 18.9. The molecule has 1 fully saturated rings. The lowest BCUT2D eigenvalue weighted by Crippen LogP contribution is -2.43. The van der Waals surface area contributed by atoms with Gasteiger partial charge in [0.1, 0.15) is 0 Å². The van der Waals surface area contributed by atoms with Gasteiger partial charge in [0.2, 0.25) is 11.8 Å². The maximum atomic E-state index is 12.3. The Morgan fingerprint density at radius 3 is 2.68 bits per heavy atom. The first-order valence-electron chi connectivity index (χ1n) is 7.36. The molecule has 2 rings (SSSR count). The molecule has 1 saturated heterocycles. The Bertz CT molecular complexity index is 577. The molecule has 0 radical (unpaired) electrons. The van der Waals surface area contributed by atoms with Crippen LogP contribution in [0, 0.1) is 5.92 Å². The molecule has 6 nitrogen and oxygen atoms in total. The van der Waals surface area contributed by atoms with Crippen LogP contribution in [-0.4, -0.2) is 44.6 Å². The fraction of sp³-hybridized carbons (Fsp3) is 0.667. The highest BCUT2D eigenvalue weighted by Gasteiger charge is 2.39. The SMILES string of the molecule is CSc1ncc(CNC(=O)C2CC(=O)N(C(C)(C)C)C2)n1C. The fourth-order valence-corrected chi connectivity index (χ4v) is 3.18. The van der Waals surface area contributed by atoms with E-state index in [9.17, 15) is 9.59 Å². The molecular formula is C15H24N4O2S. The van der Waals surface area contributed by atoms with Crippen molar-refractivity contribution in [3.05, 3.63) is 11.9 Å². The summed E-state index contributed by atoms with van der Waals surface area (Å²) < 4.78 is 1.96. The number of likely N-dealkylation sites (tertiary alicyclic amines) is 1. The molecule has 22 heavy (non-hydrogen) atoms. The van der Waals surface area contributed by atoms with Crippen molar-refractivity contribution in [2.45, 2.75) is 44.4 Å². The first-order chi connectivity index (χ1) is 10.2. The van der Waals surface area contributed by atoms with Crippen LogP contribution < -0.4 is 5.32 Å². The van der Waals surface area contributed by atoms with E-state index < -0.39 is 0 Å². The van der Waals surface area contributed by atoms with Crippen molar-refractivity contribution in [1.82, 2.24) is 19.8 Å². The highest BCUT2D eigenvalue weighted by atomic mass is 32.2. The molecule has 2 heterocycles. The Morgan fingerprint density at radius 1 is 1.50 bits per heavy atom. The molecule has 0 saturated carbocycles. The molecule has 0 aliphatic carbocycles. The summed E-state index contributed by atoms with van der Waals surface area (Å²) in [6.07, 6.45) is 4.04. The van der Waals surface area contributed by atoms with Gasteiger partial charge in [-0.3, -0.25) is 9.59 Å². The van der Waals surface area contributed by atoms with E-state index in [0.29, 0.717) is 19.5 Å². The quantitative estimate of drug-likeness (QED) is 0.850. The lowest BCUT2D eigenvalue weighted by atomic mass is 10.1. The Labute approximate surface area is 135 Å². The predicted octanol–water partition coefficient (Wildman–Crippen LogP) is 1.41. The number of imidazole rings is 1. The third-order valence-electron chi connectivity index (χ3n) is 3.97. The zero-order valence-electron chi connectivity index (χ0n) is 13.8. The van der Waals surface area contributed by atoms with Crippen LogP contribution in [0.5, 0.6) is 0 Å². The van der Waals surface area contributed by atoms with Crippen LogP contribution >= 0.6 is 11.8 Å². The number of carbonyl (C=O) groups excluding carboxylic acids is 2. The smallest absolute Gasteiger partial charge is 0.225 e. The molecular weight excluding hydrogens is 300 g/mol. The molecule has 1 unspecified atom stereocenters.